The van der Waals surface area contributed by atoms with Crippen LogP contribution >= 0.6 is 35.0 Å². The molecule has 190 valence electrons. The Morgan fingerprint density at radius 2 is 1.86 bits per heavy atom. The van der Waals surface area contributed by atoms with Crippen molar-refractivity contribution in [3.05, 3.63) is 62.5 Å². The standard InChI is InChI=1S/C25H24Cl2N2O6S/c1-2-34-21-11-16(3-6-20(21)35-15-17-4-5-18(26)13-19(17)27)12-22-24(31)29(25(32)36-22)14-23(30)28-7-9-33-10-8-28/h3-6,11-13H,2,7-10,14-15H2,1H3/b22-12-. The van der Waals surface area contributed by atoms with Gasteiger partial charge < -0.3 is 19.1 Å². The van der Waals surface area contributed by atoms with Crippen molar-refractivity contribution in [2.75, 3.05) is 39.5 Å². The van der Waals surface area contributed by atoms with Crippen LogP contribution in [0.4, 0.5) is 4.79 Å². The van der Waals surface area contributed by atoms with Crippen molar-refractivity contribution in [1.29, 1.82) is 0 Å². The van der Waals surface area contributed by atoms with Crippen LogP contribution in [-0.2, 0) is 20.9 Å². The van der Waals surface area contributed by atoms with Crippen LogP contribution in [0.3, 0.4) is 0 Å². The van der Waals surface area contributed by atoms with Gasteiger partial charge in [0.05, 0.1) is 24.7 Å². The molecule has 8 nitrogen and oxygen atoms in total. The van der Waals surface area contributed by atoms with Gasteiger partial charge in [0.2, 0.25) is 5.91 Å². The van der Waals surface area contributed by atoms with Crippen molar-refractivity contribution < 1.29 is 28.6 Å². The predicted octanol–water partition coefficient (Wildman–Crippen LogP) is 4.87. The van der Waals surface area contributed by atoms with E-state index in [0.29, 0.717) is 60.0 Å². The maximum absolute atomic E-state index is 12.9. The van der Waals surface area contributed by atoms with Crippen LogP contribution in [0.15, 0.2) is 41.3 Å². The highest BCUT2D eigenvalue weighted by atomic mass is 35.5. The molecule has 0 radical (unpaired) electrons. The van der Waals surface area contributed by atoms with Crippen molar-refractivity contribution in [3.8, 4) is 11.5 Å². The molecule has 2 fully saturated rings. The molecule has 36 heavy (non-hydrogen) atoms. The minimum Gasteiger partial charge on any atom is -0.490 e. The van der Waals surface area contributed by atoms with E-state index < -0.39 is 11.1 Å². The topological polar surface area (TPSA) is 85.4 Å². The van der Waals surface area contributed by atoms with Crippen LogP contribution < -0.4 is 9.47 Å². The molecule has 0 aliphatic carbocycles. The average molecular weight is 551 g/mol. The number of amides is 3. The van der Waals surface area contributed by atoms with Gasteiger partial charge in [0.25, 0.3) is 11.1 Å². The Morgan fingerprint density at radius 3 is 2.58 bits per heavy atom. The van der Waals surface area contributed by atoms with Crippen molar-refractivity contribution in [2.24, 2.45) is 0 Å². The summed E-state index contributed by atoms with van der Waals surface area (Å²) in [5.74, 6) is 0.215. The number of carbonyl (C=O) groups is 3. The molecule has 0 bridgehead atoms. The number of thioether (sulfide) groups is 1. The maximum Gasteiger partial charge on any atom is 0.294 e. The molecule has 2 aliphatic heterocycles. The van der Waals surface area contributed by atoms with Gasteiger partial charge in [0.15, 0.2) is 11.5 Å². The second-order valence-corrected chi connectivity index (χ2v) is 9.76. The fourth-order valence-electron chi connectivity index (χ4n) is 3.63. The number of hydrogen-bond acceptors (Lipinski definition) is 7. The van der Waals surface area contributed by atoms with E-state index in [-0.39, 0.29) is 24.0 Å². The summed E-state index contributed by atoms with van der Waals surface area (Å²) in [5, 5.41) is 0.565. The highest BCUT2D eigenvalue weighted by Gasteiger charge is 2.37. The molecule has 2 saturated heterocycles. The molecule has 11 heteroatoms. The van der Waals surface area contributed by atoms with Crippen LogP contribution in [0, 0.1) is 0 Å². The minimum atomic E-state index is -0.498. The number of imide groups is 1. The lowest BCUT2D eigenvalue weighted by molar-refractivity contribution is -0.139. The zero-order valence-electron chi connectivity index (χ0n) is 19.5. The largest absolute Gasteiger partial charge is 0.490 e. The molecule has 0 aromatic heterocycles. The van der Waals surface area contributed by atoms with Crippen LogP contribution in [0.1, 0.15) is 18.1 Å². The fraction of sp³-hybridized carbons (Fsp3) is 0.320. The highest BCUT2D eigenvalue weighted by Crippen LogP contribution is 2.35. The number of hydrogen-bond donors (Lipinski definition) is 0. The first-order valence-corrected chi connectivity index (χ1v) is 12.9. The summed E-state index contributed by atoms with van der Waals surface area (Å²) < 4.78 is 16.9. The van der Waals surface area contributed by atoms with Crippen LogP contribution in [0.25, 0.3) is 6.08 Å². The number of ether oxygens (including phenoxy) is 3. The minimum absolute atomic E-state index is 0.214. The Balaban J connectivity index is 1.46. The third-order valence-electron chi connectivity index (χ3n) is 5.49. The van der Waals surface area contributed by atoms with E-state index in [1.807, 2.05) is 6.92 Å². The first kappa shape index (κ1) is 26.3. The molecule has 2 aliphatic rings. The number of nitrogens with zero attached hydrogens (tertiary/aromatic N) is 2. The first-order valence-electron chi connectivity index (χ1n) is 11.3. The van der Waals surface area contributed by atoms with Crippen molar-refractivity contribution in [1.82, 2.24) is 9.80 Å². The number of morpholine rings is 1. The van der Waals surface area contributed by atoms with E-state index in [4.69, 9.17) is 37.4 Å². The van der Waals surface area contributed by atoms with Gasteiger partial charge in [-0.05, 0) is 54.6 Å². The smallest absolute Gasteiger partial charge is 0.294 e. The Bertz CT molecular complexity index is 1200. The van der Waals surface area contributed by atoms with Gasteiger partial charge in [-0.25, -0.2) is 0 Å². The van der Waals surface area contributed by atoms with Gasteiger partial charge in [0.1, 0.15) is 13.2 Å². The molecular weight excluding hydrogens is 527 g/mol. The zero-order chi connectivity index (χ0) is 25.7. The monoisotopic (exact) mass is 550 g/mol. The third-order valence-corrected chi connectivity index (χ3v) is 6.99. The van der Waals surface area contributed by atoms with Crippen molar-refractivity contribution >= 4 is 58.1 Å². The summed E-state index contributed by atoms with van der Waals surface area (Å²) in [7, 11) is 0. The van der Waals surface area contributed by atoms with Gasteiger partial charge in [-0.2, -0.15) is 0 Å². The molecule has 4 rings (SSSR count). The van der Waals surface area contributed by atoms with Crippen LogP contribution in [0.2, 0.25) is 10.0 Å². The molecule has 0 spiro atoms. The van der Waals surface area contributed by atoms with E-state index in [2.05, 4.69) is 0 Å². The van der Waals surface area contributed by atoms with E-state index in [1.165, 1.54) is 0 Å². The van der Waals surface area contributed by atoms with E-state index >= 15 is 0 Å². The van der Waals surface area contributed by atoms with Gasteiger partial charge in [-0.1, -0.05) is 35.3 Å². The molecule has 2 aromatic carbocycles. The lowest BCUT2D eigenvalue weighted by Gasteiger charge is -2.28. The number of rotatable bonds is 8. The Hall–Kier alpha value is -2.72. The summed E-state index contributed by atoms with van der Waals surface area (Å²) in [5.41, 5.74) is 1.42. The summed E-state index contributed by atoms with van der Waals surface area (Å²) in [4.78, 5) is 40.7. The molecular formula is C25H24Cl2N2O6S. The number of halogens is 2. The van der Waals surface area contributed by atoms with E-state index in [0.717, 1.165) is 22.2 Å². The fourth-order valence-corrected chi connectivity index (χ4v) is 4.93. The number of carbonyl (C=O) groups excluding carboxylic acids is 3. The lowest BCUT2D eigenvalue weighted by Crippen LogP contribution is -2.46. The molecule has 0 N–H and O–H groups in total. The van der Waals surface area contributed by atoms with Gasteiger partial charge in [-0.15, -0.1) is 0 Å². The Labute approximate surface area is 223 Å². The average Bonchev–Trinajstić information content (AvgIpc) is 3.12. The molecule has 0 saturated carbocycles. The Morgan fingerprint density at radius 1 is 1.08 bits per heavy atom. The lowest BCUT2D eigenvalue weighted by atomic mass is 10.1. The van der Waals surface area contributed by atoms with E-state index in [1.54, 1.807) is 47.4 Å². The van der Waals surface area contributed by atoms with Crippen LogP contribution in [-0.4, -0.2) is 66.3 Å². The molecule has 2 heterocycles. The van der Waals surface area contributed by atoms with Crippen LogP contribution in [0.5, 0.6) is 11.5 Å². The second kappa shape index (κ2) is 12.0. The molecule has 2 aromatic rings. The van der Waals surface area contributed by atoms with Gasteiger partial charge >= 0.3 is 0 Å². The summed E-state index contributed by atoms with van der Waals surface area (Å²) in [6.07, 6.45) is 1.60. The second-order valence-electron chi connectivity index (χ2n) is 7.92. The van der Waals surface area contributed by atoms with Crippen molar-refractivity contribution in [3.63, 3.8) is 0 Å². The SMILES string of the molecule is CCOc1cc(/C=C2\SC(=O)N(CC(=O)N3CCOCC3)C2=O)ccc1OCc1ccc(Cl)cc1Cl. The summed E-state index contributed by atoms with van der Waals surface area (Å²) >= 11 is 13.0. The van der Waals surface area contributed by atoms with Gasteiger partial charge in [0, 0.05) is 28.7 Å². The molecule has 0 unspecified atom stereocenters. The quantitative estimate of drug-likeness (QED) is 0.433. The number of benzene rings is 2. The van der Waals surface area contributed by atoms with Gasteiger partial charge in [-0.3, -0.25) is 19.3 Å². The normalized spacial score (nSPS) is 17.1. The van der Waals surface area contributed by atoms with Crippen molar-refractivity contribution in [2.45, 2.75) is 13.5 Å². The molecule has 3 amide bonds. The molecule has 0 atom stereocenters. The third kappa shape index (κ3) is 6.34. The zero-order valence-corrected chi connectivity index (χ0v) is 21.8. The Kier molecular flexibility index (Phi) is 8.79. The maximum atomic E-state index is 12.9. The first-order chi connectivity index (χ1) is 17.4. The predicted molar refractivity (Wildman–Crippen MR) is 138 cm³/mol. The summed E-state index contributed by atoms with van der Waals surface area (Å²) in [6, 6.07) is 10.4. The van der Waals surface area contributed by atoms with E-state index in [9.17, 15) is 14.4 Å². The highest BCUT2D eigenvalue weighted by molar-refractivity contribution is 8.18. The summed E-state index contributed by atoms with van der Waals surface area (Å²) in [6.45, 7) is 3.97.